The molecule has 2 rings (SSSR count). The minimum absolute atomic E-state index is 0.0131. The van der Waals surface area contributed by atoms with Gasteiger partial charge >= 0.3 is 6.03 Å². The van der Waals surface area contributed by atoms with Gasteiger partial charge in [-0.3, -0.25) is 0 Å². The highest BCUT2D eigenvalue weighted by atomic mass is 16.5. The summed E-state index contributed by atoms with van der Waals surface area (Å²) in [5.41, 5.74) is 2.37. The first-order valence-corrected chi connectivity index (χ1v) is 7.35. The van der Waals surface area contributed by atoms with Gasteiger partial charge in [0.05, 0.1) is 12.6 Å². The number of carbonyl (C=O) groups is 1. The monoisotopic (exact) mass is 276 g/mol. The molecular weight excluding hydrogens is 252 g/mol. The van der Waals surface area contributed by atoms with Crippen molar-refractivity contribution in [2.75, 3.05) is 19.6 Å². The van der Waals surface area contributed by atoms with Gasteiger partial charge in [-0.15, -0.1) is 0 Å². The number of rotatable bonds is 3. The molecule has 1 heterocycles. The highest BCUT2D eigenvalue weighted by molar-refractivity contribution is 5.74. The predicted octanol–water partition coefficient (Wildman–Crippen LogP) is 2.88. The van der Waals surface area contributed by atoms with E-state index in [9.17, 15) is 4.79 Å². The zero-order chi connectivity index (χ0) is 14.5. The van der Waals surface area contributed by atoms with Gasteiger partial charge in [0, 0.05) is 13.1 Å². The SMILES string of the molecule is CCCNC(=O)N1CC(C)OC(c2ccc(C)cc2)C1. The summed E-state index contributed by atoms with van der Waals surface area (Å²) in [6, 6.07) is 8.35. The number of carbonyl (C=O) groups excluding carboxylic acids is 1. The predicted molar refractivity (Wildman–Crippen MR) is 79.7 cm³/mol. The summed E-state index contributed by atoms with van der Waals surface area (Å²) in [6.45, 7) is 8.12. The smallest absolute Gasteiger partial charge is 0.317 e. The minimum Gasteiger partial charge on any atom is -0.367 e. The number of hydrogen-bond donors (Lipinski definition) is 1. The van der Waals surface area contributed by atoms with Crippen LogP contribution in [0.1, 0.15) is 37.5 Å². The molecule has 0 aliphatic carbocycles. The van der Waals surface area contributed by atoms with Crippen molar-refractivity contribution in [1.29, 1.82) is 0 Å². The molecule has 0 aromatic heterocycles. The summed E-state index contributed by atoms with van der Waals surface area (Å²) in [7, 11) is 0. The van der Waals surface area contributed by atoms with E-state index in [2.05, 4.69) is 43.4 Å². The van der Waals surface area contributed by atoms with Crippen LogP contribution in [0.15, 0.2) is 24.3 Å². The first-order chi connectivity index (χ1) is 9.60. The Kier molecular flexibility index (Phi) is 5.01. The molecule has 4 heteroatoms. The fraction of sp³-hybridized carbons (Fsp3) is 0.562. The topological polar surface area (TPSA) is 41.6 Å². The van der Waals surface area contributed by atoms with Gasteiger partial charge in [-0.1, -0.05) is 36.8 Å². The maximum absolute atomic E-state index is 12.1. The van der Waals surface area contributed by atoms with Crippen molar-refractivity contribution < 1.29 is 9.53 Å². The molecule has 1 aromatic carbocycles. The van der Waals surface area contributed by atoms with Crippen molar-refractivity contribution in [3.63, 3.8) is 0 Å². The first kappa shape index (κ1) is 14.9. The van der Waals surface area contributed by atoms with Crippen LogP contribution < -0.4 is 5.32 Å². The maximum Gasteiger partial charge on any atom is 0.317 e. The highest BCUT2D eigenvalue weighted by Crippen LogP contribution is 2.25. The van der Waals surface area contributed by atoms with E-state index in [0.29, 0.717) is 13.1 Å². The van der Waals surface area contributed by atoms with Crippen LogP contribution in [-0.2, 0) is 4.74 Å². The van der Waals surface area contributed by atoms with Crippen molar-refractivity contribution in [2.45, 2.75) is 39.4 Å². The Bertz CT molecular complexity index is 444. The van der Waals surface area contributed by atoms with Gasteiger partial charge in [0.1, 0.15) is 6.10 Å². The molecule has 1 aromatic rings. The van der Waals surface area contributed by atoms with Gasteiger partial charge in [-0.2, -0.15) is 0 Å². The second-order valence-corrected chi connectivity index (χ2v) is 5.48. The molecule has 0 saturated carbocycles. The van der Waals surface area contributed by atoms with E-state index in [1.165, 1.54) is 5.56 Å². The van der Waals surface area contributed by atoms with E-state index in [4.69, 9.17) is 4.74 Å². The number of ether oxygens (including phenoxy) is 1. The molecule has 0 bridgehead atoms. The van der Waals surface area contributed by atoms with Crippen molar-refractivity contribution >= 4 is 6.03 Å². The van der Waals surface area contributed by atoms with Crippen LogP contribution >= 0.6 is 0 Å². The molecule has 2 unspecified atom stereocenters. The van der Waals surface area contributed by atoms with E-state index < -0.39 is 0 Å². The Balaban J connectivity index is 2.04. The van der Waals surface area contributed by atoms with E-state index >= 15 is 0 Å². The van der Waals surface area contributed by atoms with Crippen LogP contribution in [0.25, 0.3) is 0 Å². The standard InChI is InChI=1S/C16H24N2O2/c1-4-9-17-16(19)18-10-13(3)20-15(11-18)14-7-5-12(2)6-8-14/h5-8,13,15H,4,9-11H2,1-3H3,(H,17,19). The van der Waals surface area contributed by atoms with Gasteiger partial charge in [0.2, 0.25) is 0 Å². The Morgan fingerprint density at radius 2 is 2.05 bits per heavy atom. The lowest BCUT2D eigenvalue weighted by Gasteiger charge is -2.37. The largest absolute Gasteiger partial charge is 0.367 e. The van der Waals surface area contributed by atoms with Crippen LogP contribution in [0.5, 0.6) is 0 Å². The van der Waals surface area contributed by atoms with Gasteiger partial charge < -0.3 is 15.0 Å². The molecule has 20 heavy (non-hydrogen) atoms. The number of aryl methyl sites for hydroxylation is 1. The van der Waals surface area contributed by atoms with Gasteiger partial charge in [0.25, 0.3) is 0 Å². The van der Waals surface area contributed by atoms with E-state index in [1.807, 2.05) is 11.8 Å². The third kappa shape index (κ3) is 3.73. The quantitative estimate of drug-likeness (QED) is 0.922. The Morgan fingerprint density at radius 3 is 2.70 bits per heavy atom. The van der Waals surface area contributed by atoms with Crippen molar-refractivity contribution in [1.82, 2.24) is 10.2 Å². The molecular formula is C16H24N2O2. The molecule has 1 fully saturated rings. The average molecular weight is 276 g/mol. The Labute approximate surface area is 121 Å². The number of nitrogens with zero attached hydrogens (tertiary/aromatic N) is 1. The van der Waals surface area contributed by atoms with Crippen molar-refractivity contribution in [3.05, 3.63) is 35.4 Å². The summed E-state index contributed by atoms with van der Waals surface area (Å²) < 4.78 is 5.98. The molecule has 2 amide bonds. The Hall–Kier alpha value is -1.55. The number of amides is 2. The van der Waals surface area contributed by atoms with E-state index in [-0.39, 0.29) is 18.2 Å². The molecule has 2 atom stereocenters. The second kappa shape index (κ2) is 6.75. The fourth-order valence-electron chi connectivity index (χ4n) is 2.43. The third-order valence-electron chi connectivity index (χ3n) is 3.52. The molecule has 1 aliphatic heterocycles. The van der Waals surface area contributed by atoms with E-state index in [1.54, 1.807) is 0 Å². The molecule has 1 saturated heterocycles. The van der Waals surface area contributed by atoms with Crippen molar-refractivity contribution in [3.8, 4) is 0 Å². The van der Waals surface area contributed by atoms with E-state index in [0.717, 1.165) is 18.5 Å². The zero-order valence-corrected chi connectivity index (χ0v) is 12.6. The Morgan fingerprint density at radius 1 is 1.35 bits per heavy atom. The highest BCUT2D eigenvalue weighted by Gasteiger charge is 2.29. The lowest BCUT2D eigenvalue weighted by Crippen LogP contribution is -2.50. The minimum atomic E-state index is -0.0354. The van der Waals surface area contributed by atoms with Crippen LogP contribution in [0.2, 0.25) is 0 Å². The lowest BCUT2D eigenvalue weighted by molar-refractivity contribution is -0.0656. The lowest BCUT2D eigenvalue weighted by atomic mass is 10.1. The van der Waals surface area contributed by atoms with Crippen LogP contribution in [0.4, 0.5) is 4.79 Å². The summed E-state index contributed by atoms with van der Waals surface area (Å²) >= 11 is 0. The maximum atomic E-state index is 12.1. The summed E-state index contributed by atoms with van der Waals surface area (Å²) in [4.78, 5) is 13.9. The average Bonchev–Trinajstić information content (AvgIpc) is 2.44. The second-order valence-electron chi connectivity index (χ2n) is 5.48. The van der Waals surface area contributed by atoms with Gasteiger partial charge in [-0.25, -0.2) is 4.79 Å². The van der Waals surface area contributed by atoms with Gasteiger partial charge in [0.15, 0.2) is 0 Å². The molecule has 4 nitrogen and oxygen atoms in total. The van der Waals surface area contributed by atoms with Crippen LogP contribution in [0, 0.1) is 6.92 Å². The molecule has 1 aliphatic rings. The third-order valence-corrected chi connectivity index (χ3v) is 3.52. The van der Waals surface area contributed by atoms with Crippen LogP contribution in [0.3, 0.4) is 0 Å². The summed E-state index contributed by atoms with van der Waals surface area (Å²) in [5.74, 6) is 0. The summed E-state index contributed by atoms with van der Waals surface area (Å²) in [5, 5.41) is 2.94. The van der Waals surface area contributed by atoms with Crippen molar-refractivity contribution in [2.24, 2.45) is 0 Å². The molecule has 0 spiro atoms. The zero-order valence-electron chi connectivity index (χ0n) is 12.6. The number of morpholine rings is 1. The number of hydrogen-bond acceptors (Lipinski definition) is 2. The molecule has 0 radical (unpaired) electrons. The fourth-order valence-corrected chi connectivity index (χ4v) is 2.43. The van der Waals surface area contributed by atoms with Crippen LogP contribution in [-0.4, -0.2) is 36.7 Å². The number of benzene rings is 1. The summed E-state index contributed by atoms with van der Waals surface area (Å²) in [6.07, 6.45) is 0.974. The normalized spacial score (nSPS) is 22.6. The van der Waals surface area contributed by atoms with Gasteiger partial charge in [-0.05, 0) is 25.8 Å². The first-order valence-electron chi connectivity index (χ1n) is 7.35. The molecule has 110 valence electrons. The number of nitrogens with one attached hydrogen (secondary N) is 1. The molecule has 1 N–H and O–H groups in total. The number of urea groups is 1.